The molecule has 0 bridgehead atoms. The summed E-state index contributed by atoms with van der Waals surface area (Å²) in [5, 5.41) is 19.3. The van der Waals surface area contributed by atoms with Crippen LogP contribution in [0.2, 0.25) is 0 Å². The molecule has 2 amide bonds. The van der Waals surface area contributed by atoms with E-state index in [1.54, 1.807) is 42.5 Å². The van der Waals surface area contributed by atoms with E-state index in [-0.39, 0.29) is 43.3 Å². The molecular weight excluding hydrogens is 496 g/mol. The topological polar surface area (TPSA) is 99.5 Å². The Morgan fingerprint density at radius 2 is 1.59 bits per heavy atom. The SMILES string of the molecule is O=C1c2ccccc2C(=O)N1c1cccc([C@@H]2O[C@H](CN3CCC[C@H]3CO)C[C@H](c3ccc(CO)cc3)O2)c1. The molecule has 8 heteroatoms. The van der Waals surface area contributed by atoms with Gasteiger partial charge in [0.1, 0.15) is 0 Å². The Kier molecular flexibility index (Phi) is 7.29. The third kappa shape index (κ3) is 5.02. The van der Waals surface area contributed by atoms with Crippen molar-refractivity contribution >= 4 is 17.5 Å². The van der Waals surface area contributed by atoms with E-state index in [4.69, 9.17) is 9.47 Å². The van der Waals surface area contributed by atoms with Crippen molar-refractivity contribution in [3.8, 4) is 0 Å². The number of ether oxygens (including phenoxy) is 2. The number of fused-ring (bicyclic) bond motifs is 1. The fourth-order valence-electron chi connectivity index (χ4n) is 5.87. The van der Waals surface area contributed by atoms with Crippen LogP contribution < -0.4 is 4.90 Å². The normalized spacial score (nSPS) is 25.3. The number of imide groups is 1. The first-order valence-corrected chi connectivity index (χ1v) is 13.5. The summed E-state index contributed by atoms with van der Waals surface area (Å²) in [6.07, 6.45) is 1.54. The number of benzene rings is 3. The van der Waals surface area contributed by atoms with E-state index < -0.39 is 6.29 Å². The molecule has 0 unspecified atom stereocenters. The number of hydrogen-bond acceptors (Lipinski definition) is 7. The first-order chi connectivity index (χ1) is 19.1. The number of aliphatic hydroxyl groups excluding tert-OH is 2. The molecule has 3 aromatic rings. The van der Waals surface area contributed by atoms with Crippen molar-refractivity contribution in [2.24, 2.45) is 0 Å². The van der Waals surface area contributed by atoms with E-state index in [9.17, 15) is 19.8 Å². The lowest BCUT2D eigenvalue weighted by Gasteiger charge is -2.38. The Morgan fingerprint density at radius 1 is 0.846 bits per heavy atom. The smallest absolute Gasteiger partial charge is 0.266 e. The molecule has 0 aromatic heterocycles. The molecule has 0 radical (unpaired) electrons. The lowest BCUT2D eigenvalue weighted by atomic mass is 9.99. The summed E-state index contributed by atoms with van der Waals surface area (Å²) in [4.78, 5) is 29.7. The monoisotopic (exact) mass is 528 g/mol. The minimum Gasteiger partial charge on any atom is -0.395 e. The molecule has 6 rings (SSSR count). The Balaban J connectivity index is 1.28. The van der Waals surface area contributed by atoms with E-state index in [1.165, 1.54) is 4.90 Å². The van der Waals surface area contributed by atoms with Crippen molar-refractivity contribution in [3.63, 3.8) is 0 Å². The molecule has 3 heterocycles. The minimum absolute atomic E-state index is 0.0255. The summed E-state index contributed by atoms with van der Waals surface area (Å²) >= 11 is 0. The number of carbonyl (C=O) groups excluding carboxylic acids is 2. The van der Waals surface area contributed by atoms with E-state index in [2.05, 4.69) is 4.90 Å². The van der Waals surface area contributed by atoms with Gasteiger partial charge in [-0.25, -0.2) is 4.90 Å². The van der Waals surface area contributed by atoms with Crippen molar-refractivity contribution in [2.45, 2.75) is 50.4 Å². The maximum absolute atomic E-state index is 13.1. The molecule has 8 nitrogen and oxygen atoms in total. The Hall–Kier alpha value is -3.40. The standard InChI is InChI=1S/C31H32N2O6/c34-18-20-10-12-21(13-11-20)28-16-25(17-32-14-4-7-24(32)19-35)38-31(39-28)22-5-3-6-23(15-22)33-29(36)26-8-1-2-9-27(26)30(33)37/h1-3,5-6,8-13,15,24-25,28,31,34-35H,4,7,14,16-19H2/t24-,25-,28+,31+/m0/s1. The van der Waals surface area contributed by atoms with Crippen LogP contribution in [0.15, 0.2) is 72.8 Å². The van der Waals surface area contributed by atoms with Crippen molar-refractivity contribution in [2.75, 3.05) is 24.6 Å². The number of aliphatic hydroxyl groups is 2. The average molecular weight is 529 g/mol. The summed E-state index contributed by atoms with van der Waals surface area (Å²) in [6, 6.07) is 21.9. The molecule has 0 saturated carbocycles. The van der Waals surface area contributed by atoms with Gasteiger partial charge < -0.3 is 19.7 Å². The predicted octanol–water partition coefficient (Wildman–Crippen LogP) is 3.98. The van der Waals surface area contributed by atoms with Crippen molar-refractivity contribution < 1.29 is 29.3 Å². The van der Waals surface area contributed by atoms with Crippen molar-refractivity contribution in [1.29, 1.82) is 0 Å². The van der Waals surface area contributed by atoms with Gasteiger partial charge in [0.25, 0.3) is 11.8 Å². The summed E-state index contributed by atoms with van der Waals surface area (Å²) in [5.41, 5.74) is 3.79. The van der Waals surface area contributed by atoms with Crippen LogP contribution in [0.4, 0.5) is 5.69 Å². The van der Waals surface area contributed by atoms with Crippen LogP contribution >= 0.6 is 0 Å². The van der Waals surface area contributed by atoms with Gasteiger partial charge in [0.05, 0.1) is 42.2 Å². The quantitative estimate of drug-likeness (QED) is 0.448. The molecule has 3 aliphatic rings. The molecule has 0 spiro atoms. The highest BCUT2D eigenvalue weighted by Crippen LogP contribution is 2.40. The van der Waals surface area contributed by atoms with Crippen LogP contribution in [0.5, 0.6) is 0 Å². The van der Waals surface area contributed by atoms with Gasteiger partial charge in [-0.3, -0.25) is 14.5 Å². The molecular formula is C31H32N2O6. The van der Waals surface area contributed by atoms with Crippen LogP contribution in [0.1, 0.15) is 69.1 Å². The summed E-state index contributed by atoms with van der Waals surface area (Å²) in [7, 11) is 0. The zero-order valence-electron chi connectivity index (χ0n) is 21.6. The highest BCUT2D eigenvalue weighted by atomic mass is 16.7. The summed E-state index contributed by atoms with van der Waals surface area (Å²) in [5.74, 6) is -0.691. The second kappa shape index (κ2) is 11.0. The first kappa shape index (κ1) is 25.9. The second-order valence-electron chi connectivity index (χ2n) is 10.4. The Labute approximate surface area is 227 Å². The van der Waals surface area contributed by atoms with Gasteiger partial charge in [0.2, 0.25) is 0 Å². The lowest BCUT2D eigenvalue weighted by Crippen LogP contribution is -2.42. The largest absolute Gasteiger partial charge is 0.395 e. The number of rotatable bonds is 7. The minimum atomic E-state index is -0.711. The van der Waals surface area contributed by atoms with Gasteiger partial charge in [0, 0.05) is 24.6 Å². The third-order valence-corrected chi connectivity index (χ3v) is 7.96. The molecule has 0 aliphatic carbocycles. The summed E-state index contributed by atoms with van der Waals surface area (Å²) in [6.45, 7) is 1.69. The number of anilines is 1. The number of likely N-dealkylation sites (tertiary alicyclic amines) is 1. The lowest BCUT2D eigenvalue weighted by molar-refractivity contribution is -0.253. The fraction of sp³-hybridized carbons (Fsp3) is 0.355. The molecule has 2 N–H and O–H groups in total. The number of hydrogen-bond donors (Lipinski definition) is 2. The first-order valence-electron chi connectivity index (χ1n) is 13.5. The van der Waals surface area contributed by atoms with Crippen molar-refractivity contribution in [3.05, 3.63) is 101 Å². The van der Waals surface area contributed by atoms with Crippen LogP contribution in [0.25, 0.3) is 0 Å². The van der Waals surface area contributed by atoms with Crippen LogP contribution in [0.3, 0.4) is 0 Å². The van der Waals surface area contributed by atoms with Crippen LogP contribution in [0, 0.1) is 0 Å². The maximum Gasteiger partial charge on any atom is 0.266 e. The number of nitrogens with zero attached hydrogens (tertiary/aromatic N) is 2. The van der Waals surface area contributed by atoms with Gasteiger partial charge in [-0.1, -0.05) is 48.5 Å². The van der Waals surface area contributed by atoms with Gasteiger partial charge in [-0.05, 0) is 54.8 Å². The van der Waals surface area contributed by atoms with Crippen molar-refractivity contribution in [1.82, 2.24) is 4.90 Å². The third-order valence-electron chi connectivity index (χ3n) is 7.96. The summed E-state index contributed by atoms with van der Waals surface area (Å²) < 4.78 is 13.0. The molecule has 4 atom stereocenters. The van der Waals surface area contributed by atoms with E-state index in [0.717, 1.165) is 30.5 Å². The second-order valence-corrected chi connectivity index (χ2v) is 10.4. The molecule has 39 heavy (non-hydrogen) atoms. The van der Waals surface area contributed by atoms with E-state index in [1.807, 2.05) is 30.3 Å². The zero-order chi connectivity index (χ0) is 26.9. The van der Waals surface area contributed by atoms with Crippen LogP contribution in [-0.2, 0) is 16.1 Å². The maximum atomic E-state index is 13.1. The van der Waals surface area contributed by atoms with Gasteiger partial charge in [-0.15, -0.1) is 0 Å². The van der Waals surface area contributed by atoms with Crippen LogP contribution in [-0.4, -0.2) is 58.8 Å². The molecule has 202 valence electrons. The zero-order valence-corrected chi connectivity index (χ0v) is 21.6. The van der Waals surface area contributed by atoms with Gasteiger partial charge in [-0.2, -0.15) is 0 Å². The highest BCUT2D eigenvalue weighted by molar-refractivity contribution is 6.34. The fourth-order valence-corrected chi connectivity index (χ4v) is 5.87. The van der Waals surface area contributed by atoms with Gasteiger partial charge in [0.15, 0.2) is 6.29 Å². The van der Waals surface area contributed by atoms with E-state index in [0.29, 0.717) is 35.3 Å². The Bertz CT molecular complexity index is 1320. The highest BCUT2D eigenvalue weighted by Gasteiger charge is 2.38. The molecule has 3 aromatic carbocycles. The predicted molar refractivity (Wildman–Crippen MR) is 144 cm³/mol. The average Bonchev–Trinajstić information content (AvgIpc) is 3.54. The Morgan fingerprint density at radius 3 is 2.28 bits per heavy atom. The number of amides is 2. The van der Waals surface area contributed by atoms with E-state index >= 15 is 0 Å². The molecule has 2 saturated heterocycles. The number of carbonyl (C=O) groups is 2. The molecule has 3 aliphatic heterocycles. The van der Waals surface area contributed by atoms with Gasteiger partial charge >= 0.3 is 0 Å². The molecule has 2 fully saturated rings.